The van der Waals surface area contributed by atoms with Gasteiger partial charge in [-0.25, -0.2) is 14.5 Å². The number of hydrogen-bond acceptors (Lipinski definition) is 6. The summed E-state index contributed by atoms with van der Waals surface area (Å²) in [5.41, 5.74) is 4.67. The predicted molar refractivity (Wildman–Crippen MR) is 105 cm³/mol. The van der Waals surface area contributed by atoms with Crippen LogP contribution in [-0.4, -0.2) is 32.6 Å². The van der Waals surface area contributed by atoms with Crippen molar-refractivity contribution in [3.63, 3.8) is 0 Å². The molecular weight excluding hydrogens is 362 g/mol. The molecule has 27 heavy (non-hydrogen) atoms. The lowest BCUT2D eigenvalue weighted by atomic mass is 10.00. The second-order valence-electron chi connectivity index (χ2n) is 6.10. The van der Waals surface area contributed by atoms with Gasteiger partial charge in [0.05, 0.1) is 18.4 Å². The summed E-state index contributed by atoms with van der Waals surface area (Å²) >= 11 is 1.39. The molecule has 0 fully saturated rings. The number of methoxy groups -OCH3 is 1. The standard InChI is InChI=1S/C19H17N5O2S/c1-11-4-5-14(26-3)7-15(11)13-6-16(17-20-10-21-24(17)8-13)18(25)23-19-22-12(2)9-27-19/h4-10H,1-3H3,(H,22,23,25). The number of thiazole rings is 1. The fourth-order valence-electron chi connectivity index (χ4n) is 2.86. The Morgan fingerprint density at radius 2 is 2.11 bits per heavy atom. The van der Waals surface area contributed by atoms with E-state index < -0.39 is 0 Å². The van der Waals surface area contributed by atoms with E-state index in [2.05, 4.69) is 20.4 Å². The fraction of sp³-hybridized carbons (Fsp3) is 0.158. The van der Waals surface area contributed by atoms with E-state index in [1.54, 1.807) is 11.6 Å². The molecule has 8 heteroatoms. The van der Waals surface area contributed by atoms with E-state index in [1.165, 1.54) is 17.7 Å². The van der Waals surface area contributed by atoms with E-state index in [1.807, 2.05) is 49.7 Å². The highest BCUT2D eigenvalue weighted by atomic mass is 32.1. The number of aromatic nitrogens is 4. The Kier molecular flexibility index (Phi) is 4.33. The molecule has 0 aliphatic heterocycles. The van der Waals surface area contributed by atoms with Crippen molar-refractivity contribution in [2.75, 3.05) is 12.4 Å². The number of nitrogens with zero attached hydrogens (tertiary/aromatic N) is 4. The maximum atomic E-state index is 12.9. The zero-order valence-corrected chi connectivity index (χ0v) is 15.9. The first-order valence-electron chi connectivity index (χ1n) is 8.27. The Balaban J connectivity index is 1.81. The van der Waals surface area contributed by atoms with E-state index in [0.717, 1.165) is 28.1 Å². The third-order valence-corrected chi connectivity index (χ3v) is 5.09. The Morgan fingerprint density at radius 1 is 1.26 bits per heavy atom. The third kappa shape index (κ3) is 3.26. The van der Waals surface area contributed by atoms with Crippen molar-refractivity contribution < 1.29 is 9.53 Å². The van der Waals surface area contributed by atoms with Crippen LogP contribution in [0.15, 0.2) is 42.2 Å². The number of aryl methyl sites for hydroxylation is 2. The first kappa shape index (κ1) is 17.2. The van der Waals surface area contributed by atoms with Crippen LogP contribution in [0.3, 0.4) is 0 Å². The summed E-state index contributed by atoms with van der Waals surface area (Å²) in [6.07, 6.45) is 3.29. The van der Waals surface area contributed by atoms with Crippen LogP contribution >= 0.6 is 11.3 Å². The van der Waals surface area contributed by atoms with Gasteiger partial charge in [0, 0.05) is 17.1 Å². The summed E-state index contributed by atoms with van der Waals surface area (Å²) in [4.78, 5) is 21.4. The quantitative estimate of drug-likeness (QED) is 0.584. The van der Waals surface area contributed by atoms with Crippen molar-refractivity contribution in [3.05, 3.63) is 59.0 Å². The smallest absolute Gasteiger partial charge is 0.261 e. The van der Waals surface area contributed by atoms with Crippen LogP contribution in [0.1, 0.15) is 21.6 Å². The number of amides is 1. The molecule has 0 aliphatic carbocycles. The summed E-state index contributed by atoms with van der Waals surface area (Å²) < 4.78 is 6.95. The number of carbonyl (C=O) groups excluding carboxylic acids is 1. The second-order valence-corrected chi connectivity index (χ2v) is 6.96. The van der Waals surface area contributed by atoms with Gasteiger partial charge >= 0.3 is 0 Å². The molecule has 0 saturated heterocycles. The summed E-state index contributed by atoms with van der Waals surface area (Å²) in [5, 5.41) is 9.49. The predicted octanol–water partition coefficient (Wildman–Crippen LogP) is 3.73. The molecule has 0 saturated carbocycles. The lowest BCUT2D eigenvalue weighted by Crippen LogP contribution is -2.14. The Morgan fingerprint density at radius 3 is 2.85 bits per heavy atom. The number of ether oxygens (including phenoxy) is 1. The Labute approximate surface area is 159 Å². The average molecular weight is 379 g/mol. The first-order chi connectivity index (χ1) is 13.0. The molecule has 136 valence electrons. The van der Waals surface area contributed by atoms with Crippen molar-refractivity contribution in [1.82, 2.24) is 19.6 Å². The number of hydrogen-bond donors (Lipinski definition) is 1. The van der Waals surface area contributed by atoms with Crippen molar-refractivity contribution >= 4 is 28.0 Å². The van der Waals surface area contributed by atoms with Crippen LogP contribution in [0.25, 0.3) is 16.8 Å². The van der Waals surface area contributed by atoms with Crippen LogP contribution in [0.4, 0.5) is 5.13 Å². The minimum absolute atomic E-state index is 0.273. The highest BCUT2D eigenvalue weighted by molar-refractivity contribution is 7.13. The van der Waals surface area contributed by atoms with Crippen molar-refractivity contribution in [2.24, 2.45) is 0 Å². The molecule has 4 rings (SSSR count). The largest absolute Gasteiger partial charge is 0.497 e. The maximum Gasteiger partial charge on any atom is 0.261 e. The molecule has 0 aliphatic rings. The number of rotatable bonds is 4. The van der Waals surface area contributed by atoms with Gasteiger partial charge in [-0.2, -0.15) is 5.10 Å². The molecule has 4 aromatic rings. The Bertz CT molecular complexity index is 1150. The molecule has 3 heterocycles. The topological polar surface area (TPSA) is 81.4 Å². The van der Waals surface area contributed by atoms with E-state index >= 15 is 0 Å². The van der Waals surface area contributed by atoms with E-state index in [9.17, 15) is 4.79 Å². The second kappa shape index (κ2) is 6.81. The zero-order valence-electron chi connectivity index (χ0n) is 15.1. The van der Waals surface area contributed by atoms with Crippen LogP contribution in [0, 0.1) is 13.8 Å². The van der Waals surface area contributed by atoms with Crippen LogP contribution < -0.4 is 10.1 Å². The van der Waals surface area contributed by atoms with Crippen LogP contribution in [0.5, 0.6) is 5.75 Å². The van der Waals surface area contributed by atoms with E-state index in [4.69, 9.17) is 4.74 Å². The van der Waals surface area contributed by atoms with Gasteiger partial charge in [-0.1, -0.05) is 6.07 Å². The van der Waals surface area contributed by atoms with Gasteiger partial charge in [0.2, 0.25) is 0 Å². The number of carbonyl (C=O) groups is 1. The molecule has 0 bridgehead atoms. The highest BCUT2D eigenvalue weighted by Gasteiger charge is 2.17. The van der Waals surface area contributed by atoms with E-state index in [0.29, 0.717) is 16.3 Å². The molecule has 0 radical (unpaired) electrons. The minimum Gasteiger partial charge on any atom is -0.497 e. The van der Waals surface area contributed by atoms with E-state index in [-0.39, 0.29) is 5.91 Å². The number of benzene rings is 1. The lowest BCUT2D eigenvalue weighted by Gasteiger charge is -2.11. The average Bonchev–Trinajstić information content (AvgIpc) is 3.29. The van der Waals surface area contributed by atoms with Crippen molar-refractivity contribution in [3.8, 4) is 16.9 Å². The van der Waals surface area contributed by atoms with Gasteiger partial charge in [0.1, 0.15) is 12.1 Å². The lowest BCUT2D eigenvalue weighted by molar-refractivity contribution is 0.102. The van der Waals surface area contributed by atoms with Gasteiger partial charge in [-0.3, -0.25) is 10.1 Å². The fourth-order valence-corrected chi connectivity index (χ4v) is 3.54. The summed E-state index contributed by atoms with van der Waals surface area (Å²) in [6, 6.07) is 7.66. The number of pyridine rings is 1. The molecule has 1 aromatic carbocycles. The van der Waals surface area contributed by atoms with Gasteiger partial charge in [-0.05, 0) is 43.2 Å². The summed E-state index contributed by atoms with van der Waals surface area (Å²) in [6.45, 7) is 3.90. The zero-order chi connectivity index (χ0) is 19.0. The molecule has 7 nitrogen and oxygen atoms in total. The highest BCUT2D eigenvalue weighted by Crippen LogP contribution is 2.29. The van der Waals surface area contributed by atoms with Crippen LogP contribution in [-0.2, 0) is 0 Å². The van der Waals surface area contributed by atoms with Crippen molar-refractivity contribution in [2.45, 2.75) is 13.8 Å². The normalized spacial score (nSPS) is 10.9. The van der Waals surface area contributed by atoms with Gasteiger partial charge < -0.3 is 4.74 Å². The minimum atomic E-state index is -0.273. The number of fused-ring (bicyclic) bond motifs is 1. The van der Waals surface area contributed by atoms with Crippen LogP contribution in [0.2, 0.25) is 0 Å². The number of nitrogens with one attached hydrogen (secondary N) is 1. The SMILES string of the molecule is COc1ccc(C)c(-c2cc(C(=O)Nc3nc(C)cs3)c3ncnn3c2)c1. The summed E-state index contributed by atoms with van der Waals surface area (Å²) in [7, 11) is 1.63. The Hall–Kier alpha value is -3.26. The van der Waals surface area contributed by atoms with Gasteiger partial charge in [0.25, 0.3) is 5.91 Å². The molecular formula is C19H17N5O2S. The number of anilines is 1. The van der Waals surface area contributed by atoms with Gasteiger partial charge in [-0.15, -0.1) is 11.3 Å². The summed E-state index contributed by atoms with van der Waals surface area (Å²) in [5.74, 6) is 0.475. The molecule has 0 atom stereocenters. The molecule has 3 aromatic heterocycles. The first-order valence-corrected chi connectivity index (χ1v) is 9.15. The maximum absolute atomic E-state index is 12.9. The molecule has 0 spiro atoms. The molecule has 0 unspecified atom stereocenters. The van der Waals surface area contributed by atoms with Crippen molar-refractivity contribution in [1.29, 1.82) is 0 Å². The monoisotopic (exact) mass is 379 g/mol. The molecule has 1 N–H and O–H groups in total. The molecule has 1 amide bonds. The van der Waals surface area contributed by atoms with Gasteiger partial charge in [0.15, 0.2) is 10.8 Å². The third-order valence-electron chi connectivity index (χ3n) is 4.22.